The second-order valence-corrected chi connectivity index (χ2v) is 5.03. The minimum absolute atomic E-state index is 0.152. The number of hydrogen-bond acceptors (Lipinski definition) is 1. The maximum atomic E-state index is 12.0. The lowest BCUT2D eigenvalue weighted by Crippen LogP contribution is -2.59. The third-order valence-corrected chi connectivity index (χ3v) is 3.65. The molecule has 0 spiro atoms. The molecule has 1 aliphatic carbocycles. The van der Waals surface area contributed by atoms with Crippen LogP contribution in [0.2, 0.25) is 0 Å². The highest BCUT2D eigenvalue weighted by Gasteiger charge is 2.41. The molecule has 2 heteroatoms. The smallest absolute Gasteiger partial charge is 0.226 e. The Balaban J connectivity index is 1.97. The fourth-order valence-corrected chi connectivity index (χ4v) is 2.47. The molecule has 74 valence electrons. The van der Waals surface area contributed by atoms with E-state index in [9.17, 15) is 4.79 Å². The van der Waals surface area contributed by atoms with Gasteiger partial charge in [-0.05, 0) is 33.1 Å². The topological polar surface area (TPSA) is 20.3 Å². The number of carbonyl (C=O) groups is 1. The van der Waals surface area contributed by atoms with Crippen LogP contribution in [0.1, 0.15) is 46.0 Å². The van der Waals surface area contributed by atoms with Gasteiger partial charge in [-0.3, -0.25) is 4.79 Å². The Bertz CT molecular complexity index is 216. The molecule has 2 aliphatic rings. The Kier molecular flexibility index (Phi) is 2.09. The average molecular weight is 181 g/mol. The maximum Gasteiger partial charge on any atom is 0.226 e. The number of nitrogens with zero attached hydrogens (tertiary/aromatic N) is 1. The van der Waals surface area contributed by atoms with Crippen molar-refractivity contribution in [3.05, 3.63) is 0 Å². The number of hydrogen-bond donors (Lipinski definition) is 0. The lowest BCUT2D eigenvalue weighted by atomic mass is 9.87. The number of carbonyl (C=O) groups excluding carboxylic acids is 1. The van der Waals surface area contributed by atoms with Gasteiger partial charge in [0.25, 0.3) is 0 Å². The monoisotopic (exact) mass is 181 g/mol. The summed E-state index contributed by atoms with van der Waals surface area (Å²) in [5, 5.41) is 0. The Hall–Kier alpha value is -0.530. The van der Waals surface area contributed by atoms with Crippen LogP contribution in [0.15, 0.2) is 0 Å². The summed E-state index contributed by atoms with van der Waals surface area (Å²) in [4.78, 5) is 14.0. The summed E-state index contributed by atoms with van der Waals surface area (Å²) < 4.78 is 0. The lowest BCUT2D eigenvalue weighted by Gasteiger charge is -2.49. The van der Waals surface area contributed by atoms with Crippen LogP contribution in [-0.4, -0.2) is 22.9 Å². The summed E-state index contributed by atoms with van der Waals surface area (Å²) in [6.07, 6.45) is 5.94. The van der Waals surface area contributed by atoms with E-state index in [2.05, 4.69) is 18.7 Å². The zero-order chi connectivity index (χ0) is 9.47. The van der Waals surface area contributed by atoms with Gasteiger partial charge in [0, 0.05) is 18.0 Å². The van der Waals surface area contributed by atoms with Crippen molar-refractivity contribution < 1.29 is 4.79 Å². The fraction of sp³-hybridized carbons (Fsp3) is 0.909. The molecule has 2 fully saturated rings. The Morgan fingerprint density at radius 2 is 1.92 bits per heavy atom. The van der Waals surface area contributed by atoms with Gasteiger partial charge in [-0.2, -0.15) is 0 Å². The molecule has 0 atom stereocenters. The molecule has 0 unspecified atom stereocenters. The Morgan fingerprint density at radius 1 is 1.31 bits per heavy atom. The predicted octanol–water partition coefficient (Wildman–Crippen LogP) is 2.19. The highest BCUT2D eigenvalue weighted by Crippen LogP contribution is 2.35. The molecule has 1 saturated heterocycles. The molecule has 1 amide bonds. The molecule has 0 bridgehead atoms. The second-order valence-electron chi connectivity index (χ2n) is 5.03. The van der Waals surface area contributed by atoms with Crippen molar-refractivity contribution in [2.45, 2.75) is 51.5 Å². The van der Waals surface area contributed by atoms with Crippen molar-refractivity contribution in [2.75, 3.05) is 6.54 Å². The van der Waals surface area contributed by atoms with Crippen molar-refractivity contribution >= 4 is 5.91 Å². The quantitative estimate of drug-likeness (QED) is 0.607. The molecule has 0 radical (unpaired) electrons. The summed E-state index contributed by atoms with van der Waals surface area (Å²) in [5.41, 5.74) is 0.152. The van der Waals surface area contributed by atoms with Crippen LogP contribution in [0.4, 0.5) is 0 Å². The van der Waals surface area contributed by atoms with E-state index < -0.39 is 0 Å². The van der Waals surface area contributed by atoms with Crippen molar-refractivity contribution in [1.29, 1.82) is 0 Å². The molecule has 0 N–H and O–H groups in total. The number of likely N-dealkylation sites (tertiary alicyclic amines) is 1. The summed E-state index contributed by atoms with van der Waals surface area (Å²) >= 11 is 0. The van der Waals surface area contributed by atoms with E-state index in [-0.39, 0.29) is 5.54 Å². The van der Waals surface area contributed by atoms with Crippen LogP contribution in [0, 0.1) is 5.92 Å². The number of rotatable bonds is 1. The largest absolute Gasteiger partial charge is 0.337 e. The van der Waals surface area contributed by atoms with E-state index >= 15 is 0 Å². The first-order valence-corrected chi connectivity index (χ1v) is 5.43. The van der Waals surface area contributed by atoms with Gasteiger partial charge in [0.15, 0.2) is 0 Å². The van der Waals surface area contributed by atoms with Crippen LogP contribution < -0.4 is 0 Å². The van der Waals surface area contributed by atoms with E-state index in [1.54, 1.807) is 0 Å². The van der Waals surface area contributed by atoms with E-state index in [1.165, 1.54) is 19.3 Å². The van der Waals surface area contributed by atoms with Crippen LogP contribution in [0.25, 0.3) is 0 Å². The lowest BCUT2D eigenvalue weighted by molar-refractivity contribution is -0.149. The van der Waals surface area contributed by atoms with Crippen LogP contribution in [0.5, 0.6) is 0 Å². The first kappa shape index (κ1) is 9.04. The normalized spacial score (nSPS) is 27.4. The minimum atomic E-state index is 0.152. The van der Waals surface area contributed by atoms with E-state index in [1.807, 2.05) is 0 Å². The van der Waals surface area contributed by atoms with Crippen molar-refractivity contribution in [3.63, 3.8) is 0 Å². The summed E-state index contributed by atoms with van der Waals surface area (Å²) in [6, 6.07) is 0. The first-order valence-electron chi connectivity index (χ1n) is 5.43. The molecule has 13 heavy (non-hydrogen) atoms. The molecule has 0 aromatic carbocycles. The SMILES string of the molecule is CC1(C)CCN1C(=O)C1CCCC1. The standard InChI is InChI=1S/C11H19NO/c1-11(2)7-8-12(11)10(13)9-5-3-4-6-9/h9H,3-8H2,1-2H3. The molecule has 1 aliphatic heterocycles. The summed E-state index contributed by atoms with van der Waals surface area (Å²) in [6.45, 7) is 5.33. The van der Waals surface area contributed by atoms with Crippen molar-refractivity contribution in [1.82, 2.24) is 4.90 Å². The van der Waals surface area contributed by atoms with Crippen molar-refractivity contribution in [2.24, 2.45) is 5.92 Å². The fourth-order valence-electron chi connectivity index (χ4n) is 2.47. The van der Waals surface area contributed by atoms with Gasteiger partial charge >= 0.3 is 0 Å². The first-order chi connectivity index (χ1) is 6.11. The molecule has 1 saturated carbocycles. The Labute approximate surface area is 80.3 Å². The zero-order valence-electron chi connectivity index (χ0n) is 8.68. The highest BCUT2D eigenvalue weighted by atomic mass is 16.2. The van der Waals surface area contributed by atoms with Crippen LogP contribution >= 0.6 is 0 Å². The van der Waals surface area contributed by atoms with Gasteiger partial charge in [-0.25, -0.2) is 0 Å². The maximum absolute atomic E-state index is 12.0. The highest BCUT2D eigenvalue weighted by molar-refractivity contribution is 5.80. The Morgan fingerprint density at radius 3 is 2.31 bits per heavy atom. The molecule has 2 rings (SSSR count). The number of amides is 1. The van der Waals surface area contributed by atoms with Gasteiger partial charge in [-0.1, -0.05) is 12.8 Å². The van der Waals surface area contributed by atoms with Gasteiger partial charge in [0.1, 0.15) is 0 Å². The molecule has 2 nitrogen and oxygen atoms in total. The third kappa shape index (κ3) is 1.47. The van der Waals surface area contributed by atoms with Gasteiger partial charge in [0.2, 0.25) is 5.91 Å². The second kappa shape index (κ2) is 3.00. The van der Waals surface area contributed by atoms with E-state index in [0.717, 1.165) is 19.4 Å². The molecule has 0 aromatic rings. The molecular weight excluding hydrogens is 162 g/mol. The van der Waals surface area contributed by atoms with Gasteiger partial charge < -0.3 is 4.90 Å². The summed E-state index contributed by atoms with van der Waals surface area (Å²) in [5.74, 6) is 0.785. The van der Waals surface area contributed by atoms with Crippen LogP contribution in [0.3, 0.4) is 0 Å². The van der Waals surface area contributed by atoms with E-state index in [4.69, 9.17) is 0 Å². The third-order valence-electron chi connectivity index (χ3n) is 3.65. The van der Waals surface area contributed by atoms with E-state index in [0.29, 0.717) is 11.8 Å². The van der Waals surface area contributed by atoms with Crippen molar-refractivity contribution in [3.8, 4) is 0 Å². The molecular formula is C11H19NO. The average Bonchev–Trinajstić information content (AvgIpc) is 2.54. The van der Waals surface area contributed by atoms with Gasteiger partial charge in [-0.15, -0.1) is 0 Å². The predicted molar refractivity (Wildman–Crippen MR) is 52.4 cm³/mol. The molecule has 0 aromatic heterocycles. The molecule has 1 heterocycles. The minimum Gasteiger partial charge on any atom is -0.337 e. The van der Waals surface area contributed by atoms with Gasteiger partial charge in [0.05, 0.1) is 0 Å². The zero-order valence-corrected chi connectivity index (χ0v) is 8.68. The summed E-state index contributed by atoms with van der Waals surface area (Å²) in [7, 11) is 0. The van der Waals surface area contributed by atoms with Crippen LogP contribution in [-0.2, 0) is 4.79 Å².